The number of H-pyrrole nitrogens is 1. The second-order valence-corrected chi connectivity index (χ2v) is 4.85. The van der Waals surface area contributed by atoms with Crippen LogP contribution in [-0.2, 0) is 6.42 Å². The van der Waals surface area contributed by atoms with E-state index in [0.717, 1.165) is 0 Å². The summed E-state index contributed by atoms with van der Waals surface area (Å²) in [6, 6.07) is 2.22. The van der Waals surface area contributed by atoms with Gasteiger partial charge in [-0.15, -0.1) is 0 Å². The van der Waals surface area contributed by atoms with Crippen LogP contribution in [0.1, 0.15) is 69.5 Å². The van der Waals surface area contributed by atoms with E-state index >= 15 is 0 Å². The van der Waals surface area contributed by atoms with Crippen LogP contribution in [0.25, 0.3) is 0 Å². The minimum absolute atomic E-state index is 1.25. The standard InChI is InChI=1S/C15H27N/c1-3-4-5-6-7-8-9-10-11-15-12-13-16-14(15)2/h12-13,16H,3-11H2,1-2H3. The summed E-state index contributed by atoms with van der Waals surface area (Å²) in [6.07, 6.45) is 14.6. The van der Waals surface area contributed by atoms with Gasteiger partial charge < -0.3 is 4.98 Å². The molecule has 1 nitrogen and oxygen atoms in total. The van der Waals surface area contributed by atoms with E-state index in [-0.39, 0.29) is 0 Å². The zero-order valence-corrected chi connectivity index (χ0v) is 11.0. The lowest BCUT2D eigenvalue weighted by Gasteiger charge is -2.02. The quantitative estimate of drug-likeness (QED) is 0.564. The number of rotatable bonds is 9. The largest absolute Gasteiger partial charge is 0.365 e. The molecule has 1 aromatic rings. The Bertz CT molecular complexity index is 262. The van der Waals surface area contributed by atoms with Crippen LogP contribution in [-0.4, -0.2) is 4.98 Å². The van der Waals surface area contributed by atoms with Crippen LogP contribution in [0, 0.1) is 6.92 Å². The number of hydrogen-bond donors (Lipinski definition) is 1. The summed E-state index contributed by atoms with van der Waals surface area (Å²) in [5.74, 6) is 0. The van der Waals surface area contributed by atoms with E-state index in [9.17, 15) is 0 Å². The van der Waals surface area contributed by atoms with Gasteiger partial charge >= 0.3 is 0 Å². The molecule has 0 aliphatic carbocycles. The molecule has 0 aromatic carbocycles. The van der Waals surface area contributed by atoms with E-state index in [0.29, 0.717) is 0 Å². The summed E-state index contributed by atoms with van der Waals surface area (Å²) in [7, 11) is 0. The third kappa shape index (κ3) is 5.39. The number of unbranched alkanes of at least 4 members (excludes halogenated alkanes) is 7. The van der Waals surface area contributed by atoms with Crippen molar-refractivity contribution in [1.29, 1.82) is 0 Å². The maximum atomic E-state index is 3.24. The maximum absolute atomic E-state index is 3.24. The molecule has 0 bridgehead atoms. The molecule has 92 valence electrons. The molecule has 0 radical (unpaired) electrons. The molecule has 1 N–H and O–H groups in total. The van der Waals surface area contributed by atoms with Crippen molar-refractivity contribution in [2.24, 2.45) is 0 Å². The highest BCUT2D eigenvalue weighted by atomic mass is 14.7. The summed E-state index contributed by atoms with van der Waals surface area (Å²) in [6.45, 7) is 4.44. The lowest BCUT2D eigenvalue weighted by atomic mass is 10.0. The molecule has 1 heterocycles. The van der Waals surface area contributed by atoms with Gasteiger partial charge in [0.2, 0.25) is 0 Å². The minimum Gasteiger partial charge on any atom is -0.365 e. The van der Waals surface area contributed by atoms with Gasteiger partial charge in [-0.25, -0.2) is 0 Å². The first kappa shape index (κ1) is 13.3. The average molecular weight is 221 g/mol. The van der Waals surface area contributed by atoms with Crippen molar-refractivity contribution < 1.29 is 0 Å². The molecule has 0 aliphatic heterocycles. The Balaban J connectivity index is 1.91. The van der Waals surface area contributed by atoms with Crippen LogP contribution < -0.4 is 0 Å². The first-order valence-electron chi connectivity index (χ1n) is 6.97. The summed E-state index contributed by atoms with van der Waals surface area (Å²) in [5.41, 5.74) is 2.86. The van der Waals surface area contributed by atoms with Crippen molar-refractivity contribution in [3.63, 3.8) is 0 Å². The molecular formula is C15H27N. The molecule has 1 aromatic heterocycles. The van der Waals surface area contributed by atoms with Crippen LogP contribution in [0.15, 0.2) is 12.3 Å². The van der Waals surface area contributed by atoms with E-state index < -0.39 is 0 Å². The first-order chi connectivity index (χ1) is 7.84. The molecule has 0 fully saturated rings. The number of aryl methyl sites for hydroxylation is 2. The molecule has 0 unspecified atom stereocenters. The van der Waals surface area contributed by atoms with Crippen LogP contribution >= 0.6 is 0 Å². The molecular weight excluding hydrogens is 194 g/mol. The van der Waals surface area contributed by atoms with E-state index in [1.165, 1.54) is 69.0 Å². The maximum Gasteiger partial charge on any atom is 0.0148 e. The van der Waals surface area contributed by atoms with Crippen LogP contribution in [0.4, 0.5) is 0 Å². The molecule has 0 saturated carbocycles. The monoisotopic (exact) mass is 221 g/mol. The van der Waals surface area contributed by atoms with E-state index in [1.807, 2.05) is 0 Å². The molecule has 0 atom stereocenters. The van der Waals surface area contributed by atoms with Gasteiger partial charge in [0.25, 0.3) is 0 Å². The van der Waals surface area contributed by atoms with Gasteiger partial charge in [0.05, 0.1) is 0 Å². The zero-order chi connectivity index (χ0) is 11.6. The number of aromatic nitrogens is 1. The lowest BCUT2D eigenvalue weighted by Crippen LogP contribution is -1.87. The van der Waals surface area contributed by atoms with Crippen molar-refractivity contribution >= 4 is 0 Å². The summed E-state index contributed by atoms with van der Waals surface area (Å²) < 4.78 is 0. The summed E-state index contributed by atoms with van der Waals surface area (Å²) >= 11 is 0. The Morgan fingerprint density at radius 1 is 0.938 bits per heavy atom. The van der Waals surface area contributed by atoms with Gasteiger partial charge in [0.15, 0.2) is 0 Å². The number of hydrogen-bond acceptors (Lipinski definition) is 0. The van der Waals surface area contributed by atoms with Crippen molar-refractivity contribution in [2.45, 2.75) is 71.6 Å². The third-order valence-electron chi connectivity index (χ3n) is 3.37. The molecule has 16 heavy (non-hydrogen) atoms. The second kappa shape index (κ2) is 8.43. The molecule has 1 heteroatoms. The molecule has 0 aliphatic rings. The number of aromatic amines is 1. The number of nitrogens with one attached hydrogen (secondary N) is 1. The first-order valence-corrected chi connectivity index (χ1v) is 6.97. The Labute approximate surface area is 101 Å². The minimum atomic E-state index is 1.25. The fraction of sp³-hybridized carbons (Fsp3) is 0.733. The molecule has 1 rings (SSSR count). The van der Waals surface area contributed by atoms with E-state index in [1.54, 1.807) is 0 Å². The van der Waals surface area contributed by atoms with Crippen molar-refractivity contribution in [2.75, 3.05) is 0 Å². The van der Waals surface area contributed by atoms with Crippen molar-refractivity contribution in [1.82, 2.24) is 4.98 Å². The highest BCUT2D eigenvalue weighted by molar-refractivity contribution is 5.18. The predicted molar refractivity (Wildman–Crippen MR) is 71.8 cm³/mol. The van der Waals surface area contributed by atoms with Crippen LogP contribution in [0.3, 0.4) is 0 Å². The van der Waals surface area contributed by atoms with Crippen molar-refractivity contribution in [3.8, 4) is 0 Å². The Morgan fingerprint density at radius 2 is 1.56 bits per heavy atom. The SMILES string of the molecule is CCCCCCCCCCc1cc[nH]c1C. The topological polar surface area (TPSA) is 15.8 Å². The van der Waals surface area contributed by atoms with Gasteiger partial charge in [-0.1, -0.05) is 51.9 Å². The molecule has 0 spiro atoms. The van der Waals surface area contributed by atoms with Gasteiger partial charge in [0.1, 0.15) is 0 Å². The van der Waals surface area contributed by atoms with Gasteiger partial charge in [-0.3, -0.25) is 0 Å². The van der Waals surface area contributed by atoms with Gasteiger partial charge in [-0.05, 0) is 31.4 Å². The van der Waals surface area contributed by atoms with Gasteiger partial charge in [-0.2, -0.15) is 0 Å². The molecule has 0 amide bonds. The predicted octanol–water partition coefficient (Wildman–Crippen LogP) is 5.01. The molecule has 0 saturated heterocycles. The average Bonchev–Trinajstić information content (AvgIpc) is 2.68. The highest BCUT2D eigenvalue weighted by Gasteiger charge is 1.98. The van der Waals surface area contributed by atoms with Gasteiger partial charge in [0, 0.05) is 11.9 Å². The fourth-order valence-corrected chi connectivity index (χ4v) is 2.21. The highest BCUT2D eigenvalue weighted by Crippen LogP contribution is 2.12. The van der Waals surface area contributed by atoms with Crippen molar-refractivity contribution in [3.05, 3.63) is 23.5 Å². The normalized spacial score (nSPS) is 10.9. The Hall–Kier alpha value is -0.720. The fourth-order valence-electron chi connectivity index (χ4n) is 2.21. The lowest BCUT2D eigenvalue weighted by molar-refractivity contribution is 0.575. The Kier molecular flexibility index (Phi) is 7.03. The smallest absolute Gasteiger partial charge is 0.0148 e. The second-order valence-electron chi connectivity index (χ2n) is 4.85. The van der Waals surface area contributed by atoms with Crippen LogP contribution in [0.2, 0.25) is 0 Å². The van der Waals surface area contributed by atoms with E-state index in [2.05, 4.69) is 31.1 Å². The summed E-state index contributed by atoms with van der Waals surface area (Å²) in [5, 5.41) is 0. The Morgan fingerprint density at radius 3 is 2.12 bits per heavy atom. The summed E-state index contributed by atoms with van der Waals surface area (Å²) in [4.78, 5) is 3.24. The van der Waals surface area contributed by atoms with E-state index in [4.69, 9.17) is 0 Å². The third-order valence-corrected chi connectivity index (χ3v) is 3.37. The van der Waals surface area contributed by atoms with Crippen LogP contribution in [0.5, 0.6) is 0 Å². The zero-order valence-electron chi connectivity index (χ0n) is 11.0.